The van der Waals surface area contributed by atoms with Crippen LogP contribution in [0, 0.1) is 22.7 Å². The Morgan fingerprint density at radius 1 is 1.46 bits per heavy atom. The predicted octanol–water partition coefficient (Wildman–Crippen LogP) is 3.38. The second-order valence-corrected chi connectivity index (χ2v) is 8.39. The van der Waals surface area contributed by atoms with Crippen molar-refractivity contribution < 1.29 is 9.53 Å². The summed E-state index contributed by atoms with van der Waals surface area (Å²) in [7, 11) is 0. The van der Waals surface area contributed by atoms with E-state index in [-0.39, 0.29) is 22.7 Å². The lowest BCUT2D eigenvalue weighted by atomic mass is 9.71. The molecule has 2 N–H and O–H groups in total. The number of allylic oxidation sites excluding steroid dienone is 3. The minimum atomic E-state index is -0.535. The molecule has 6 heteroatoms. The largest absolute Gasteiger partial charge is 0.444 e. The van der Waals surface area contributed by atoms with Crippen LogP contribution in [-0.2, 0) is 16.1 Å². The van der Waals surface area contributed by atoms with Gasteiger partial charge in [0.25, 0.3) is 0 Å². The standard InChI is InChI=1S/C20H26N4O2/c1-12(2)5-7-24-8-6-14(23-24)17-13(11-21)19(22)26-16-10-20(3,4)9-15(25)18(16)17/h6,8,12,17H,5,7,9-10,22H2,1-4H3. The summed E-state index contributed by atoms with van der Waals surface area (Å²) in [6.45, 7) is 9.20. The number of aryl methyl sites for hydroxylation is 1. The average molecular weight is 354 g/mol. The Morgan fingerprint density at radius 3 is 2.85 bits per heavy atom. The van der Waals surface area contributed by atoms with Gasteiger partial charge in [0, 0.05) is 31.2 Å². The first-order valence-electron chi connectivity index (χ1n) is 9.09. The number of carbonyl (C=O) groups is 1. The summed E-state index contributed by atoms with van der Waals surface area (Å²) >= 11 is 0. The van der Waals surface area contributed by atoms with Crippen LogP contribution in [0.5, 0.6) is 0 Å². The number of rotatable bonds is 4. The number of ketones is 1. The van der Waals surface area contributed by atoms with E-state index >= 15 is 0 Å². The summed E-state index contributed by atoms with van der Waals surface area (Å²) in [5.41, 5.74) is 7.33. The number of hydrogen-bond donors (Lipinski definition) is 1. The number of hydrogen-bond acceptors (Lipinski definition) is 5. The first kappa shape index (κ1) is 18.2. The number of carbonyl (C=O) groups excluding carboxylic acids is 1. The second kappa shape index (κ2) is 6.64. The predicted molar refractivity (Wildman–Crippen MR) is 97.4 cm³/mol. The van der Waals surface area contributed by atoms with E-state index in [9.17, 15) is 10.1 Å². The van der Waals surface area contributed by atoms with Crippen LogP contribution in [-0.4, -0.2) is 15.6 Å². The van der Waals surface area contributed by atoms with Gasteiger partial charge in [0.15, 0.2) is 5.78 Å². The third-order valence-corrected chi connectivity index (χ3v) is 4.97. The molecule has 1 aliphatic carbocycles. The molecule has 2 heterocycles. The Kier molecular flexibility index (Phi) is 4.66. The Balaban J connectivity index is 2.01. The van der Waals surface area contributed by atoms with Gasteiger partial charge in [-0.1, -0.05) is 27.7 Å². The molecule has 1 atom stereocenters. The number of aromatic nitrogens is 2. The van der Waals surface area contributed by atoms with E-state index < -0.39 is 5.92 Å². The average Bonchev–Trinajstić information content (AvgIpc) is 2.99. The minimum absolute atomic E-state index is 0.0123. The first-order valence-corrected chi connectivity index (χ1v) is 9.09. The molecule has 26 heavy (non-hydrogen) atoms. The zero-order valence-corrected chi connectivity index (χ0v) is 15.9. The molecule has 6 nitrogen and oxygen atoms in total. The van der Waals surface area contributed by atoms with Crippen molar-refractivity contribution in [2.75, 3.05) is 0 Å². The highest BCUT2D eigenvalue weighted by Gasteiger charge is 2.43. The molecule has 0 amide bonds. The van der Waals surface area contributed by atoms with Gasteiger partial charge in [-0.15, -0.1) is 0 Å². The quantitative estimate of drug-likeness (QED) is 0.894. The molecule has 1 unspecified atom stereocenters. The molecule has 0 radical (unpaired) electrons. The lowest BCUT2D eigenvalue weighted by Crippen LogP contribution is -2.33. The van der Waals surface area contributed by atoms with Crippen LogP contribution >= 0.6 is 0 Å². The summed E-state index contributed by atoms with van der Waals surface area (Å²) in [5, 5.41) is 14.3. The van der Waals surface area contributed by atoms with Crippen LogP contribution in [0.4, 0.5) is 0 Å². The zero-order chi connectivity index (χ0) is 19.1. The van der Waals surface area contributed by atoms with Crippen molar-refractivity contribution >= 4 is 5.78 Å². The molecule has 0 fully saturated rings. The molecule has 0 bridgehead atoms. The van der Waals surface area contributed by atoms with Crippen LogP contribution in [0.3, 0.4) is 0 Å². The summed E-state index contributed by atoms with van der Waals surface area (Å²) < 4.78 is 7.56. The number of nitriles is 1. The second-order valence-electron chi connectivity index (χ2n) is 8.39. The van der Waals surface area contributed by atoms with E-state index in [4.69, 9.17) is 10.5 Å². The topological polar surface area (TPSA) is 93.9 Å². The summed E-state index contributed by atoms with van der Waals surface area (Å²) in [4.78, 5) is 12.9. The van der Waals surface area contributed by atoms with Crippen LogP contribution in [0.2, 0.25) is 0 Å². The molecule has 138 valence electrons. The van der Waals surface area contributed by atoms with Gasteiger partial charge in [-0.3, -0.25) is 9.48 Å². The molecular formula is C20H26N4O2. The van der Waals surface area contributed by atoms with Crippen molar-refractivity contribution in [3.63, 3.8) is 0 Å². The van der Waals surface area contributed by atoms with Gasteiger partial charge in [0.05, 0.1) is 11.6 Å². The molecule has 1 aromatic heterocycles. The molecule has 2 aliphatic rings. The van der Waals surface area contributed by atoms with Crippen LogP contribution in [0.25, 0.3) is 0 Å². The first-order chi connectivity index (χ1) is 12.2. The Hall–Kier alpha value is -2.55. The maximum Gasteiger partial charge on any atom is 0.205 e. The number of ether oxygens (including phenoxy) is 1. The van der Waals surface area contributed by atoms with E-state index in [1.54, 1.807) is 0 Å². The van der Waals surface area contributed by atoms with Gasteiger partial charge in [0.1, 0.15) is 17.4 Å². The third kappa shape index (κ3) is 3.39. The van der Waals surface area contributed by atoms with E-state index in [2.05, 4.69) is 25.0 Å². The highest BCUT2D eigenvalue weighted by atomic mass is 16.5. The fourth-order valence-corrected chi connectivity index (χ4v) is 3.63. The molecule has 0 saturated heterocycles. The van der Waals surface area contributed by atoms with Crippen molar-refractivity contribution in [3.8, 4) is 6.07 Å². The summed E-state index contributed by atoms with van der Waals surface area (Å²) in [6.07, 6.45) is 3.96. The van der Waals surface area contributed by atoms with Gasteiger partial charge in [-0.05, 0) is 23.8 Å². The van der Waals surface area contributed by atoms with E-state index in [0.29, 0.717) is 35.8 Å². The van der Waals surface area contributed by atoms with Crippen molar-refractivity contribution in [3.05, 3.63) is 40.7 Å². The van der Waals surface area contributed by atoms with Crippen LogP contribution < -0.4 is 5.73 Å². The van der Waals surface area contributed by atoms with Crippen LogP contribution in [0.15, 0.2) is 35.1 Å². The number of nitrogens with zero attached hydrogens (tertiary/aromatic N) is 3. The Bertz CT molecular complexity index is 836. The fourth-order valence-electron chi connectivity index (χ4n) is 3.63. The summed E-state index contributed by atoms with van der Waals surface area (Å²) in [6, 6.07) is 4.00. The smallest absolute Gasteiger partial charge is 0.205 e. The maximum atomic E-state index is 12.9. The van der Waals surface area contributed by atoms with Crippen molar-refractivity contribution in [2.24, 2.45) is 17.1 Å². The highest BCUT2D eigenvalue weighted by molar-refractivity contribution is 5.99. The van der Waals surface area contributed by atoms with Gasteiger partial charge in [0.2, 0.25) is 5.88 Å². The molecule has 1 aromatic rings. The third-order valence-electron chi connectivity index (χ3n) is 4.97. The molecule has 0 aromatic carbocycles. The normalized spacial score (nSPS) is 22.3. The molecule has 3 rings (SSSR count). The molecule has 0 saturated carbocycles. The van der Waals surface area contributed by atoms with Gasteiger partial charge in [-0.2, -0.15) is 10.4 Å². The number of Topliss-reactive ketones (excluding diaryl/α,β-unsaturated/α-hetero) is 1. The van der Waals surface area contributed by atoms with Gasteiger partial charge in [-0.25, -0.2) is 0 Å². The lowest BCUT2D eigenvalue weighted by molar-refractivity contribution is -0.119. The molecule has 1 aliphatic heterocycles. The SMILES string of the molecule is CC(C)CCn1ccc(C2C(C#N)=C(N)OC3=C2C(=O)CC(C)(C)C3)n1. The minimum Gasteiger partial charge on any atom is -0.444 e. The van der Waals surface area contributed by atoms with E-state index in [1.165, 1.54) is 0 Å². The van der Waals surface area contributed by atoms with E-state index in [0.717, 1.165) is 13.0 Å². The van der Waals surface area contributed by atoms with Crippen LogP contribution in [0.1, 0.15) is 58.6 Å². The van der Waals surface area contributed by atoms with Crippen molar-refractivity contribution in [1.82, 2.24) is 9.78 Å². The fraction of sp³-hybridized carbons (Fsp3) is 0.550. The molecule has 0 spiro atoms. The Morgan fingerprint density at radius 2 is 2.19 bits per heavy atom. The highest BCUT2D eigenvalue weighted by Crippen LogP contribution is 2.47. The maximum absolute atomic E-state index is 12.9. The lowest BCUT2D eigenvalue weighted by Gasteiger charge is -2.36. The van der Waals surface area contributed by atoms with Crippen molar-refractivity contribution in [1.29, 1.82) is 5.26 Å². The van der Waals surface area contributed by atoms with Gasteiger partial charge >= 0.3 is 0 Å². The number of nitrogens with two attached hydrogens (primary N) is 1. The van der Waals surface area contributed by atoms with E-state index in [1.807, 2.05) is 30.8 Å². The van der Waals surface area contributed by atoms with Crippen molar-refractivity contribution in [2.45, 2.75) is 59.4 Å². The Labute approximate surface area is 154 Å². The monoisotopic (exact) mass is 354 g/mol. The summed E-state index contributed by atoms with van der Waals surface area (Å²) in [5.74, 6) is 0.723. The van der Waals surface area contributed by atoms with Gasteiger partial charge < -0.3 is 10.5 Å². The molecular weight excluding hydrogens is 328 g/mol. The zero-order valence-electron chi connectivity index (χ0n) is 15.9.